The number of ether oxygens (including phenoxy) is 1. The molecule has 1 N–H and O–H groups in total. The fourth-order valence-corrected chi connectivity index (χ4v) is 2.29. The molecule has 0 aromatic carbocycles. The van der Waals surface area contributed by atoms with Crippen LogP contribution in [-0.4, -0.2) is 43.3 Å². The summed E-state index contributed by atoms with van der Waals surface area (Å²) in [5, 5.41) is 7.32. The quantitative estimate of drug-likeness (QED) is 0.774. The van der Waals surface area contributed by atoms with Crippen molar-refractivity contribution in [3.8, 4) is 23.1 Å². The first-order valence-electron chi connectivity index (χ1n) is 8.08. The zero-order valence-corrected chi connectivity index (χ0v) is 15.1. The van der Waals surface area contributed by atoms with Crippen molar-refractivity contribution in [1.29, 1.82) is 0 Å². The highest BCUT2D eigenvalue weighted by Gasteiger charge is 2.21. The Morgan fingerprint density at radius 3 is 2.54 bits per heavy atom. The van der Waals surface area contributed by atoms with E-state index >= 15 is 0 Å². The van der Waals surface area contributed by atoms with Crippen molar-refractivity contribution < 1.29 is 9.53 Å². The maximum absolute atomic E-state index is 12.5. The van der Waals surface area contributed by atoms with Crippen molar-refractivity contribution >= 4 is 5.91 Å². The molecule has 1 amide bonds. The van der Waals surface area contributed by atoms with Crippen molar-refractivity contribution in [2.45, 2.75) is 26.3 Å². The third-order valence-electron chi connectivity index (χ3n) is 3.40. The van der Waals surface area contributed by atoms with Gasteiger partial charge in [-0.15, -0.1) is 0 Å². The van der Waals surface area contributed by atoms with Crippen molar-refractivity contribution in [3.05, 3.63) is 48.5 Å². The number of rotatable bonds is 4. The predicted octanol–water partition coefficient (Wildman–Crippen LogP) is 2.26. The van der Waals surface area contributed by atoms with Crippen molar-refractivity contribution in [2.75, 3.05) is 7.11 Å². The first-order valence-corrected chi connectivity index (χ1v) is 8.08. The van der Waals surface area contributed by atoms with E-state index in [1.54, 1.807) is 16.9 Å². The third kappa shape index (κ3) is 3.85. The number of nitrogens with zero attached hydrogens (tertiary/aromatic N) is 5. The molecule has 8 heteroatoms. The van der Waals surface area contributed by atoms with Gasteiger partial charge in [0.05, 0.1) is 30.9 Å². The Hall–Kier alpha value is -3.29. The second-order valence-corrected chi connectivity index (χ2v) is 6.66. The summed E-state index contributed by atoms with van der Waals surface area (Å²) in [6, 6.07) is 7.23. The minimum Gasteiger partial charge on any atom is -0.480 e. The summed E-state index contributed by atoms with van der Waals surface area (Å²) < 4.78 is 6.59. The van der Waals surface area contributed by atoms with E-state index in [9.17, 15) is 4.79 Å². The molecule has 0 aliphatic rings. The molecule has 134 valence electrons. The highest BCUT2D eigenvalue weighted by molar-refractivity contribution is 5.93. The van der Waals surface area contributed by atoms with E-state index in [2.05, 4.69) is 25.4 Å². The Morgan fingerprint density at radius 2 is 1.96 bits per heavy atom. The molecule has 0 atom stereocenters. The van der Waals surface area contributed by atoms with Gasteiger partial charge in [0.15, 0.2) is 11.5 Å². The van der Waals surface area contributed by atoms with Gasteiger partial charge in [0.25, 0.3) is 5.91 Å². The van der Waals surface area contributed by atoms with Crippen LogP contribution in [0.3, 0.4) is 0 Å². The standard InChI is InChI=1S/C18H20N6O2/c1-18(2,3)22-17(25)13-9-14(12-7-5-6-8-19-12)24(23-13)15-10-21-16(26-4)11-20-15/h5-11H,1-4H3,(H,22,25). The van der Waals surface area contributed by atoms with Gasteiger partial charge in [-0.1, -0.05) is 6.07 Å². The van der Waals surface area contributed by atoms with Crippen molar-refractivity contribution in [2.24, 2.45) is 0 Å². The predicted molar refractivity (Wildman–Crippen MR) is 96.2 cm³/mol. The van der Waals surface area contributed by atoms with Gasteiger partial charge in [0.1, 0.15) is 0 Å². The van der Waals surface area contributed by atoms with Crippen LogP contribution in [-0.2, 0) is 0 Å². The number of amides is 1. The molecule has 3 aromatic heterocycles. The lowest BCUT2D eigenvalue weighted by molar-refractivity contribution is 0.0914. The summed E-state index contributed by atoms with van der Waals surface area (Å²) >= 11 is 0. The van der Waals surface area contributed by atoms with Gasteiger partial charge in [-0.05, 0) is 39.0 Å². The maximum atomic E-state index is 12.5. The topological polar surface area (TPSA) is 94.8 Å². The number of methoxy groups -OCH3 is 1. The number of hydrogen-bond donors (Lipinski definition) is 1. The molecule has 0 radical (unpaired) electrons. The molecule has 3 rings (SSSR count). The van der Waals surface area contributed by atoms with Gasteiger partial charge in [-0.2, -0.15) is 5.10 Å². The lowest BCUT2D eigenvalue weighted by atomic mass is 10.1. The largest absolute Gasteiger partial charge is 0.480 e. The zero-order chi connectivity index (χ0) is 18.7. The Balaban J connectivity index is 2.07. The number of carbonyl (C=O) groups is 1. The lowest BCUT2D eigenvalue weighted by Crippen LogP contribution is -2.40. The molecule has 0 aliphatic carbocycles. The molecular weight excluding hydrogens is 332 g/mol. The summed E-state index contributed by atoms with van der Waals surface area (Å²) in [7, 11) is 1.52. The Morgan fingerprint density at radius 1 is 1.15 bits per heavy atom. The molecule has 8 nitrogen and oxygen atoms in total. The molecule has 0 spiro atoms. The third-order valence-corrected chi connectivity index (χ3v) is 3.40. The van der Waals surface area contributed by atoms with E-state index in [0.717, 1.165) is 0 Å². The molecule has 3 aromatic rings. The van der Waals surface area contributed by atoms with Crippen LogP contribution in [0, 0.1) is 0 Å². The lowest BCUT2D eigenvalue weighted by Gasteiger charge is -2.19. The average Bonchev–Trinajstić information content (AvgIpc) is 3.07. The van der Waals surface area contributed by atoms with Gasteiger partial charge in [0, 0.05) is 11.7 Å². The number of pyridine rings is 1. The number of carbonyl (C=O) groups excluding carboxylic acids is 1. The molecule has 0 saturated carbocycles. The molecule has 0 unspecified atom stereocenters. The minimum absolute atomic E-state index is 0.269. The van der Waals surface area contributed by atoms with Gasteiger partial charge in [-0.25, -0.2) is 14.6 Å². The smallest absolute Gasteiger partial charge is 0.272 e. The Kier molecular flexibility index (Phi) is 4.66. The SMILES string of the molecule is COc1cnc(-n2nc(C(=O)NC(C)(C)C)cc2-c2ccccn2)cn1. The Bertz CT molecular complexity index is 898. The molecule has 0 aliphatic heterocycles. The molecule has 0 saturated heterocycles. The van der Waals surface area contributed by atoms with Crippen molar-refractivity contribution in [1.82, 2.24) is 30.0 Å². The van der Waals surface area contributed by atoms with E-state index < -0.39 is 0 Å². The number of nitrogens with one attached hydrogen (secondary N) is 1. The van der Waals surface area contributed by atoms with Gasteiger partial charge >= 0.3 is 0 Å². The van der Waals surface area contributed by atoms with Crippen LogP contribution in [0.1, 0.15) is 31.3 Å². The highest BCUT2D eigenvalue weighted by atomic mass is 16.5. The second-order valence-electron chi connectivity index (χ2n) is 6.66. The fraction of sp³-hybridized carbons (Fsp3) is 0.278. The first kappa shape index (κ1) is 17.5. The monoisotopic (exact) mass is 352 g/mol. The minimum atomic E-state index is -0.369. The van der Waals surface area contributed by atoms with Crippen LogP contribution in [0.4, 0.5) is 0 Å². The van der Waals surface area contributed by atoms with Crippen LogP contribution in [0.25, 0.3) is 17.2 Å². The molecule has 26 heavy (non-hydrogen) atoms. The van der Waals surface area contributed by atoms with Gasteiger partial charge in [-0.3, -0.25) is 9.78 Å². The molecule has 0 bridgehead atoms. The van der Waals surface area contributed by atoms with Gasteiger partial charge in [0.2, 0.25) is 5.88 Å². The van der Waals surface area contributed by atoms with Crippen molar-refractivity contribution in [3.63, 3.8) is 0 Å². The average molecular weight is 352 g/mol. The summed E-state index contributed by atoms with van der Waals surface area (Å²) in [5.41, 5.74) is 1.22. The Labute approximate surface area is 151 Å². The zero-order valence-electron chi connectivity index (χ0n) is 15.1. The summed E-state index contributed by atoms with van der Waals surface area (Å²) in [6.07, 6.45) is 4.71. The number of hydrogen-bond acceptors (Lipinski definition) is 6. The van der Waals surface area contributed by atoms with E-state index in [4.69, 9.17) is 4.74 Å². The molecule has 3 heterocycles. The highest BCUT2D eigenvalue weighted by Crippen LogP contribution is 2.22. The van der Waals surface area contributed by atoms with Crippen LogP contribution in [0.15, 0.2) is 42.9 Å². The van der Waals surface area contributed by atoms with Crippen LogP contribution in [0.2, 0.25) is 0 Å². The fourth-order valence-electron chi connectivity index (χ4n) is 2.29. The van der Waals surface area contributed by atoms with Crippen LogP contribution >= 0.6 is 0 Å². The van der Waals surface area contributed by atoms with E-state index in [1.807, 2.05) is 39.0 Å². The second kappa shape index (κ2) is 6.91. The summed E-state index contributed by atoms with van der Waals surface area (Å²) in [5.74, 6) is 0.585. The maximum Gasteiger partial charge on any atom is 0.272 e. The van der Waals surface area contributed by atoms with Crippen LogP contribution < -0.4 is 10.1 Å². The normalized spacial score (nSPS) is 11.2. The summed E-state index contributed by atoms with van der Waals surface area (Å²) in [4.78, 5) is 25.3. The molecular formula is C18H20N6O2. The van der Waals surface area contributed by atoms with Crippen LogP contribution in [0.5, 0.6) is 5.88 Å². The molecule has 0 fully saturated rings. The number of aromatic nitrogens is 5. The first-order chi connectivity index (χ1) is 12.4. The summed E-state index contributed by atoms with van der Waals surface area (Å²) in [6.45, 7) is 5.74. The van der Waals surface area contributed by atoms with Gasteiger partial charge < -0.3 is 10.1 Å². The van der Waals surface area contributed by atoms with E-state index in [0.29, 0.717) is 23.1 Å². The van der Waals surface area contributed by atoms with E-state index in [-0.39, 0.29) is 17.1 Å². The van der Waals surface area contributed by atoms with E-state index in [1.165, 1.54) is 19.5 Å².